The Morgan fingerprint density at radius 1 is 1.31 bits per heavy atom. The summed E-state index contributed by atoms with van der Waals surface area (Å²) in [7, 11) is 0. The molecule has 0 saturated carbocycles. The minimum Gasteiger partial charge on any atom is -0.298 e. The fourth-order valence-corrected chi connectivity index (χ4v) is 2.26. The third-order valence-electron chi connectivity index (χ3n) is 3.08. The molecule has 1 aliphatic rings. The Hall–Kier alpha value is -0.550. The largest absolute Gasteiger partial charge is 0.298 e. The molecular weight excluding hydrogens is 160 g/mol. The highest BCUT2D eigenvalue weighted by Gasteiger charge is 2.23. The summed E-state index contributed by atoms with van der Waals surface area (Å²) in [5.74, 6) is 0. The zero-order valence-corrected chi connectivity index (χ0v) is 8.79. The number of nitrogens with zero attached hydrogens (tertiary/aromatic N) is 2. The van der Waals surface area contributed by atoms with E-state index in [1.165, 1.54) is 19.3 Å². The fourth-order valence-electron chi connectivity index (χ4n) is 2.26. The molecule has 0 radical (unpaired) electrons. The topological polar surface area (TPSA) is 27.0 Å². The van der Waals surface area contributed by atoms with Crippen molar-refractivity contribution in [2.45, 2.75) is 58.0 Å². The second kappa shape index (κ2) is 5.24. The summed E-state index contributed by atoms with van der Waals surface area (Å²) in [5.41, 5.74) is 0. The number of hydrogen-bond donors (Lipinski definition) is 0. The number of hydrogen-bond acceptors (Lipinski definition) is 2. The fraction of sp³-hybridized carbons (Fsp3) is 0.909. The van der Waals surface area contributed by atoms with Crippen LogP contribution < -0.4 is 0 Å². The predicted octanol–water partition coefficient (Wildman–Crippen LogP) is 2.55. The Bertz CT molecular complexity index is 173. The molecular formula is C11H20N2. The molecule has 0 amide bonds. The molecule has 0 aliphatic carbocycles. The maximum absolute atomic E-state index is 8.46. The van der Waals surface area contributed by atoms with Crippen molar-refractivity contribution in [2.24, 2.45) is 0 Å². The average molecular weight is 180 g/mol. The molecule has 1 heterocycles. The first kappa shape index (κ1) is 10.5. The van der Waals surface area contributed by atoms with Gasteiger partial charge in [0.2, 0.25) is 0 Å². The molecule has 13 heavy (non-hydrogen) atoms. The van der Waals surface area contributed by atoms with Crippen molar-refractivity contribution in [3.8, 4) is 6.07 Å². The highest BCUT2D eigenvalue weighted by Crippen LogP contribution is 2.22. The molecule has 0 spiro atoms. The first-order valence-electron chi connectivity index (χ1n) is 5.38. The van der Waals surface area contributed by atoms with Crippen LogP contribution in [0, 0.1) is 11.3 Å². The van der Waals surface area contributed by atoms with Gasteiger partial charge < -0.3 is 0 Å². The van der Waals surface area contributed by atoms with Crippen LogP contribution in [0.2, 0.25) is 0 Å². The molecule has 2 unspecified atom stereocenters. The third kappa shape index (κ3) is 3.00. The molecule has 0 N–H and O–H groups in total. The maximum atomic E-state index is 8.46. The van der Waals surface area contributed by atoms with E-state index in [4.69, 9.17) is 5.26 Å². The Labute approximate surface area is 81.5 Å². The lowest BCUT2D eigenvalue weighted by atomic mass is 9.97. The van der Waals surface area contributed by atoms with Crippen LogP contribution in [0.15, 0.2) is 0 Å². The molecule has 1 fully saturated rings. The quantitative estimate of drug-likeness (QED) is 0.624. The van der Waals surface area contributed by atoms with Crippen molar-refractivity contribution in [3.63, 3.8) is 0 Å². The standard InChI is InChI=1S/C11H20N2/c1-10-6-5-7-11(2)13(10)9-4-3-8-12/h10-11H,3-7,9H2,1-2H3. The van der Waals surface area contributed by atoms with Gasteiger partial charge in [0.05, 0.1) is 6.07 Å². The van der Waals surface area contributed by atoms with Gasteiger partial charge in [0.25, 0.3) is 0 Å². The molecule has 0 aromatic carbocycles. The van der Waals surface area contributed by atoms with E-state index < -0.39 is 0 Å². The predicted molar refractivity (Wildman–Crippen MR) is 54.3 cm³/mol. The van der Waals surface area contributed by atoms with Crippen molar-refractivity contribution in [3.05, 3.63) is 0 Å². The van der Waals surface area contributed by atoms with Gasteiger partial charge in [-0.25, -0.2) is 0 Å². The highest BCUT2D eigenvalue weighted by atomic mass is 15.2. The Morgan fingerprint density at radius 2 is 1.92 bits per heavy atom. The summed E-state index contributed by atoms with van der Waals surface area (Å²) in [6, 6.07) is 3.66. The molecule has 0 aromatic heterocycles. The van der Waals surface area contributed by atoms with Crippen LogP contribution >= 0.6 is 0 Å². The van der Waals surface area contributed by atoms with E-state index in [1.807, 2.05) is 0 Å². The molecule has 74 valence electrons. The number of nitriles is 1. The second-order valence-corrected chi connectivity index (χ2v) is 4.13. The van der Waals surface area contributed by atoms with Gasteiger partial charge in [-0.05, 0) is 39.7 Å². The van der Waals surface area contributed by atoms with Gasteiger partial charge in [0.15, 0.2) is 0 Å². The van der Waals surface area contributed by atoms with Crippen LogP contribution in [-0.2, 0) is 0 Å². The summed E-state index contributed by atoms with van der Waals surface area (Å²) < 4.78 is 0. The molecule has 0 aromatic rings. The minimum absolute atomic E-state index is 0.704. The zero-order valence-electron chi connectivity index (χ0n) is 8.79. The lowest BCUT2D eigenvalue weighted by Crippen LogP contribution is -2.44. The van der Waals surface area contributed by atoms with Crippen molar-refractivity contribution in [2.75, 3.05) is 6.54 Å². The first-order chi connectivity index (χ1) is 6.25. The molecule has 0 bridgehead atoms. The number of unbranched alkanes of at least 4 members (excludes halogenated alkanes) is 1. The first-order valence-corrected chi connectivity index (χ1v) is 5.38. The van der Waals surface area contributed by atoms with Gasteiger partial charge in [-0.3, -0.25) is 4.90 Å². The van der Waals surface area contributed by atoms with Gasteiger partial charge >= 0.3 is 0 Å². The Kier molecular flexibility index (Phi) is 4.24. The molecule has 2 atom stereocenters. The SMILES string of the molecule is CC1CCCC(C)N1CCCC#N. The summed E-state index contributed by atoms with van der Waals surface area (Å²) in [6.07, 6.45) is 5.77. The zero-order chi connectivity index (χ0) is 9.68. The van der Waals surface area contributed by atoms with E-state index in [0.29, 0.717) is 6.42 Å². The lowest BCUT2D eigenvalue weighted by Gasteiger charge is -2.38. The van der Waals surface area contributed by atoms with Crippen LogP contribution in [-0.4, -0.2) is 23.5 Å². The molecule has 1 aliphatic heterocycles. The minimum atomic E-state index is 0.704. The van der Waals surface area contributed by atoms with E-state index in [1.54, 1.807) is 0 Å². The summed E-state index contributed by atoms with van der Waals surface area (Å²) in [6.45, 7) is 5.72. The van der Waals surface area contributed by atoms with E-state index in [-0.39, 0.29) is 0 Å². The van der Waals surface area contributed by atoms with Crippen molar-refractivity contribution in [1.29, 1.82) is 5.26 Å². The number of likely N-dealkylation sites (tertiary alicyclic amines) is 1. The molecule has 2 nitrogen and oxygen atoms in total. The molecule has 2 heteroatoms. The maximum Gasteiger partial charge on any atom is 0.0622 e. The summed E-state index contributed by atoms with van der Waals surface area (Å²) >= 11 is 0. The summed E-state index contributed by atoms with van der Waals surface area (Å²) in [4.78, 5) is 2.56. The van der Waals surface area contributed by atoms with Crippen molar-refractivity contribution in [1.82, 2.24) is 4.90 Å². The second-order valence-electron chi connectivity index (χ2n) is 4.13. The van der Waals surface area contributed by atoms with Crippen molar-refractivity contribution >= 4 is 0 Å². The van der Waals surface area contributed by atoms with E-state index in [2.05, 4.69) is 24.8 Å². The van der Waals surface area contributed by atoms with Gasteiger partial charge in [0.1, 0.15) is 0 Å². The van der Waals surface area contributed by atoms with Crippen LogP contribution in [0.3, 0.4) is 0 Å². The van der Waals surface area contributed by atoms with Crippen molar-refractivity contribution < 1.29 is 0 Å². The third-order valence-corrected chi connectivity index (χ3v) is 3.08. The van der Waals surface area contributed by atoms with Crippen LogP contribution in [0.5, 0.6) is 0 Å². The van der Waals surface area contributed by atoms with Gasteiger partial charge in [-0.2, -0.15) is 5.26 Å². The monoisotopic (exact) mass is 180 g/mol. The molecule has 1 saturated heterocycles. The molecule has 1 rings (SSSR count). The number of piperidine rings is 1. The number of rotatable bonds is 3. The van der Waals surface area contributed by atoms with Crippen LogP contribution in [0.25, 0.3) is 0 Å². The van der Waals surface area contributed by atoms with E-state index in [0.717, 1.165) is 25.0 Å². The Morgan fingerprint density at radius 3 is 2.46 bits per heavy atom. The average Bonchev–Trinajstić information content (AvgIpc) is 2.10. The van der Waals surface area contributed by atoms with Gasteiger partial charge in [-0.1, -0.05) is 6.42 Å². The van der Waals surface area contributed by atoms with E-state index >= 15 is 0 Å². The van der Waals surface area contributed by atoms with Crippen LogP contribution in [0.4, 0.5) is 0 Å². The van der Waals surface area contributed by atoms with E-state index in [9.17, 15) is 0 Å². The van der Waals surface area contributed by atoms with Gasteiger partial charge in [0, 0.05) is 18.5 Å². The smallest absolute Gasteiger partial charge is 0.0622 e. The summed E-state index contributed by atoms with van der Waals surface area (Å²) in [5, 5.41) is 8.46. The lowest BCUT2D eigenvalue weighted by molar-refractivity contribution is 0.103. The normalized spacial score (nSPS) is 29.9. The van der Waals surface area contributed by atoms with Crippen LogP contribution in [0.1, 0.15) is 46.0 Å². The van der Waals surface area contributed by atoms with Gasteiger partial charge in [-0.15, -0.1) is 0 Å². The highest BCUT2D eigenvalue weighted by molar-refractivity contribution is 4.80. The Balaban J connectivity index is 2.31.